The van der Waals surface area contributed by atoms with Crippen molar-refractivity contribution >= 4 is 21.4 Å². The van der Waals surface area contributed by atoms with Crippen molar-refractivity contribution in [3.8, 4) is 0 Å². The molecular formula is C15H28N2O2S2. The molecule has 122 valence electrons. The minimum atomic E-state index is -3.43. The predicted molar refractivity (Wildman–Crippen MR) is 90.2 cm³/mol. The molecule has 0 saturated heterocycles. The van der Waals surface area contributed by atoms with Gasteiger partial charge in [0.25, 0.3) is 0 Å². The standard InChI is InChI=1S/C15H28N2O2S2/c1-5-9-16-11-14-15(8-10-20-14)21(18,19)17-12(4)13(6-2)7-3/h8,10,12-13,16-17H,5-7,9,11H2,1-4H3. The topological polar surface area (TPSA) is 58.2 Å². The third kappa shape index (κ3) is 5.36. The van der Waals surface area contributed by atoms with Gasteiger partial charge in [0.2, 0.25) is 10.0 Å². The molecule has 0 spiro atoms. The van der Waals surface area contributed by atoms with Crippen LogP contribution in [0.5, 0.6) is 0 Å². The van der Waals surface area contributed by atoms with Gasteiger partial charge < -0.3 is 5.32 Å². The van der Waals surface area contributed by atoms with Crippen LogP contribution < -0.4 is 10.0 Å². The van der Waals surface area contributed by atoms with Gasteiger partial charge in [-0.25, -0.2) is 13.1 Å². The summed E-state index contributed by atoms with van der Waals surface area (Å²) in [4.78, 5) is 1.31. The van der Waals surface area contributed by atoms with Crippen LogP contribution in [0.15, 0.2) is 16.3 Å². The maximum atomic E-state index is 12.6. The molecule has 0 aliphatic heterocycles. The number of hydrogen-bond acceptors (Lipinski definition) is 4. The van der Waals surface area contributed by atoms with Crippen molar-refractivity contribution < 1.29 is 8.42 Å². The first-order valence-electron chi connectivity index (χ1n) is 7.75. The van der Waals surface area contributed by atoms with Crippen LogP contribution in [0.2, 0.25) is 0 Å². The lowest BCUT2D eigenvalue weighted by Crippen LogP contribution is -2.38. The first-order chi connectivity index (χ1) is 9.96. The van der Waals surface area contributed by atoms with Crippen LogP contribution in [-0.2, 0) is 16.6 Å². The van der Waals surface area contributed by atoms with Gasteiger partial charge in [-0.15, -0.1) is 11.3 Å². The van der Waals surface area contributed by atoms with Crippen molar-refractivity contribution in [1.82, 2.24) is 10.0 Å². The highest BCUT2D eigenvalue weighted by Crippen LogP contribution is 2.23. The second-order valence-corrected chi connectivity index (χ2v) is 8.05. The molecule has 0 bridgehead atoms. The Morgan fingerprint density at radius 1 is 1.24 bits per heavy atom. The molecule has 0 aliphatic rings. The van der Waals surface area contributed by atoms with Crippen LogP contribution in [-0.4, -0.2) is 21.0 Å². The second kappa shape index (κ2) is 8.88. The van der Waals surface area contributed by atoms with E-state index in [9.17, 15) is 8.42 Å². The number of thiophene rings is 1. The van der Waals surface area contributed by atoms with E-state index in [1.165, 1.54) is 11.3 Å². The second-order valence-electron chi connectivity index (χ2n) is 5.37. The zero-order chi connectivity index (χ0) is 15.9. The fourth-order valence-electron chi connectivity index (χ4n) is 2.48. The van der Waals surface area contributed by atoms with Crippen LogP contribution in [0.25, 0.3) is 0 Å². The third-order valence-electron chi connectivity index (χ3n) is 3.80. The summed E-state index contributed by atoms with van der Waals surface area (Å²) in [6.07, 6.45) is 3.00. The lowest BCUT2D eigenvalue weighted by Gasteiger charge is -2.22. The van der Waals surface area contributed by atoms with Gasteiger partial charge in [0.15, 0.2) is 0 Å². The Hall–Kier alpha value is -0.430. The van der Waals surface area contributed by atoms with Gasteiger partial charge in [-0.2, -0.15) is 0 Å². The van der Waals surface area contributed by atoms with E-state index in [1.807, 2.05) is 12.3 Å². The lowest BCUT2D eigenvalue weighted by atomic mass is 9.96. The number of sulfonamides is 1. The van der Waals surface area contributed by atoms with Gasteiger partial charge >= 0.3 is 0 Å². The van der Waals surface area contributed by atoms with E-state index in [-0.39, 0.29) is 6.04 Å². The monoisotopic (exact) mass is 332 g/mol. The van der Waals surface area contributed by atoms with E-state index < -0.39 is 10.0 Å². The Bertz CT molecular complexity index is 507. The number of nitrogens with one attached hydrogen (secondary N) is 2. The lowest BCUT2D eigenvalue weighted by molar-refractivity contribution is 0.390. The molecule has 0 radical (unpaired) electrons. The molecule has 0 fully saturated rings. The van der Waals surface area contributed by atoms with Crippen LogP contribution in [0.1, 0.15) is 51.8 Å². The maximum Gasteiger partial charge on any atom is 0.241 e. The van der Waals surface area contributed by atoms with Crippen LogP contribution in [0.4, 0.5) is 0 Å². The molecule has 0 aliphatic carbocycles. The largest absolute Gasteiger partial charge is 0.312 e. The van der Waals surface area contributed by atoms with Crippen molar-refractivity contribution in [1.29, 1.82) is 0 Å². The van der Waals surface area contributed by atoms with E-state index >= 15 is 0 Å². The summed E-state index contributed by atoms with van der Waals surface area (Å²) in [6, 6.07) is 1.66. The summed E-state index contributed by atoms with van der Waals surface area (Å²) in [6.45, 7) is 9.76. The first-order valence-corrected chi connectivity index (χ1v) is 10.1. The summed E-state index contributed by atoms with van der Waals surface area (Å²) in [7, 11) is -3.43. The van der Waals surface area contributed by atoms with E-state index in [0.29, 0.717) is 17.4 Å². The normalized spacial score (nSPS) is 13.8. The van der Waals surface area contributed by atoms with Crippen molar-refractivity contribution in [2.45, 2.75) is 64.4 Å². The summed E-state index contributed by atoms with van der Waals surface area (Å²) < 4.78 is 28.0. The average molecular weight is 333 g/mol. The summed E-state index contributed by atoms with van der Waals surface area (Å²) >= 11 is 1.49. The van der Waals surface area contributed by atoms with Crippen molar-refractivity contribution in [2.24, 2.45) is 5.92 Å². The Morgan fingerprint density at radius 3 is 2.48 bits per heavy atom. The SMILES string of the molecule is CCCNCc1sccc1S(=O)(=O)NC(C)C(CC)CC. The fourth-order valence-corrected chi connectivity index (χ4v) is 5.20. The molecule has 2 N–H and O–H groups in total. The van der Waals surface area contributed by atoms with Crippen molar-refractivity contribution in [3.05, 3.63) is 16.3 Å². The molecule has 0 saturated carbocycles. The zero-order valence-corrected chi connectivity index (χ0v) is 15.1. The minimum Gasteiger partial charge on any atom is -0.312 e. The van der Waals surface area contributed by atoms with Gasteiger partial charge in [0, 0.05) is 17.5 Å². The van der Waals surface area contributed by atoms with E-state index in [4.69, 9.17) is 0 Å². The molecule has 0 aromatic carbocycles. The van der Waals surface area contributed by atoms with E-state index in [2.05, 4.69) is 30.8 Å². The Kier molecular flexibility index (Phi) is 7.87. The Labute approximate surface area is 133 Å². The third-order valence-corrected chi connectivity index (χ3v) is 6.50. The smallest absolute Gasteiger partial charge is 0.241 e. The fraction of sp³-hybridized carbons (Fsp3) is 0.733. The molecule has 1 heterocycles. The first kappa shape index (κ1) is 18.6. The molecule has 0 amide bonds. The molecule has 1 atom stereocenters. The number of rotatable bonds is 10. The summed E-state index contributed by atoms with van der Waals surface area (Å²) in [5.41, 5.74) is 0. The quantitative estimate of drug-likeness (QED) is 0.646. The molecule has 1 unspecified atom stereocenters. The Balaban J connectivity index is 2.81. The van der Waals surface area contributed by atoms with Crippen LogP contribution >= 0.6 is 11.3 Å². The Morgan fingerprint density at radius 2 is 1.90 bits per heavy atom. The molecule has 4 nitrogen and oxygen atoms in total. The molecular weight excluding hydrogens is 304 g/mol. The molecule has 21 heavy (non-hydrogen) atoms. The molecule has 1 aromatic heterocycles. The van der Waals surface area contributed by atoms with Gasteiger partial charge in [0.1, 0.15) is 0 Å². The maximum absolute atomic E-state index is 12.6. The highest BCUT2D eigenvalue weighted by molar-refractivity contribution is 7.89. The molecule has 1 aromatic rings. The predicted octanol–water partition coefficient (Wildman–Crippen LogP) is 3.35. The van der Waals surface area contributed by atoms with E-state index in [0.717, 1.165) is 30.7 Å². The minimum absolute atomic E-state index is 0.0404. The highest BCUT2D eigenvalue weighted by atomic mass is 32.2. The summed E-state index contributed by atoms with van der Waals surface area (Å²) in [5, 5.41) is 5.11. The van der Waals surface area contributed by atoms with Crippen LogP contribution in [0.3, 0.4) is 0 Å². The van der Waals surface area contributed by atoms with Gasteiger partial charge in [-0.1, -0.05) is 33.6 Å². The van der Waals surface area contributed by atoms with Crippen LogP contribution in [0, 0.1) is 5.92 Å². The zero-order valence-electron chi connectivity index (χ0n) is 13.5. The van der Waals surface area contributed by atoms with Gasteiger partial charge in [0.05, 0.1) is 4.90 Å². The highest BCUT2D eigenvalue weighted by Gasteiger charge is 2.24. The average Bonchev–Trinajstić information content (AvgIpc) is 2.89. The molecule has 1 rings (SSSR count). The van der Waals surface area contributed by atoms with Crippen molar-refractivity contribution in [2.75, 3.05) is 6.54 Å². The van der Waals surface area contributed by atoms with Gasteiger partial charge in [-0.05, 0) is 37.3 Å². The van der Waals surface area contributed by atoms with E-state index in [1.54, 1.807) is 6.07 Å². The molecule has 6 heteroatoms. The summed E-state index contributed by atoms with van der Waals surface area (Å²) in [5.74, 6) is 0.375. The van der Waals surface area contributed by atoms with Crippen molar-refractivity contribution in [3.63, 3.8) is 0 Å². The van der Waals surface area contributed by atoms with Gasteiger partial charge in [-0.3, -0.25) is 0 Å². The number of hydrogen-bond donors (Lipinski definition) is 2.